The molecule has 0 atom stereocenters. The van der Waals surface area contributed by atoms with E-state index in [1.54, 1.807) is 11.1 Å². The van der Waals surface area contributed by atoms with E-state index in [4.69, 9.17) is 0 Å². The molecule has 0 unspecified atom stereocenters. The lowest BCUT2D eigenvalue weighted by molar-refractivity contribution is 0.531. The Morgan fingerprint density at radius 1 is 0.500 bits per heavy atom. The van der Waals surface area contributed by atoms with Gasteiger partial charge in [-0.25, -0.2) is 0 Å². The van der Waals surface area contributed by atoms with Gasteiger partial charge in [0, 0.05) is 27.3 Å². The van der Waals surface area contributed by atoms with Gasteiger partial charge in [-0.05, 0) is 45.9 Å². The van der Waals surface area contributed by atoms with Gasteiger partial charge in [-0.3, -0.25) is 0 Å². The predicted octanol–water partition coefficient (Wildman–Crippen LogP) is 8.60. The van der Waals surface area contributed by atoms with Crippen LogP contribution < -0.4 is 4.90 Å². The Morgan fingerprint density at radius 3 is 1.56 bits per heavy atom. The lowest BCUT2D eigenvalue weighted by Crippen LogP contribution is -2.35. The molecule has 0 amide bonds. The lowest BCUT2D eigenvalue weighted by atomic mass is 9.66. The molecule has 5 aromatic carbocycles. The molecule has 9 rings (SSSR count). The van der Waals surface area contributed by atoms with E-state index in [9.17, 15) is 0 Å². The molecule has 0 bridgehead atoms. The molecule has 1 fully saturated rings. The van der Waals surface area contributed by atoms with Crippen molar-refractivity contribution in [3.8, 4) is 22.3 Å². The summed E-state index contributed by atoms with van der Waals surface area (Å²) in [6, 6.07) is 30.3. The van der Waals surface area contributed by atoms with E-state index in [1.807, 2.05) is 0 Å². The number of para-hydroxylation sites is 1. The van der Waals surface area contributed by atoms with E-state index >= 15 is 0 Å². The zero-order valence-corrected chi connectivity index (χ0v) is 17.8. The van der Waals surface area contributed by atoms with Crippen molar-refractivity contribution < 1.29 is 0 Å². The van der Waals surface area contributed by atoms with Crippen LogP contribution in [0.3, 0.4) is 0 Å². The highest BCUT2D eigenvalue weighted by Gasteiger charge is 2.49. The van der Waals surface area contributed by atoms with Crippen molar-refractivity contribution >= 4 is 38.6 Å². The second-order valence-electron chi connectivity index (χ2n) is 10.1. The van der Waals surface area contributed by atoms with E-state index in [0.29, 0.717) is 0 Å². The number of anilines is 3. The van der Waals surface area contributed by atoms with E-state index in [0.717, 1.165) is 0 Å². The molecular formula is C31H21N. The highest BCUT2D eigenvalue weighted by atomic mass is 15.2. The fourth-order valence-electron chi connectivity index (χ4n) is 7.62. The van der Waals surface area contributed by atoms with Gasteiger partial charge in [0.25, 0.3) is 0 Å². The minimum Gasteiger partial charge on any atom is -0.307 e. The van der Waals surface area contributed by atoms with Crippen molar-refractivity contribution in [2.24, 2.45) is 0 Å². The van der Waals surface area contributed by atoms with Crippen LogP contribution in [-0.4, -0.2) is 0 Å². The summed E-state index contributed by atoms with van der Waals surface area (Å²) in [5.74, 6) is 0. The molecule has 150 valence electrons. The zero-order chi connectivity index (χ0) is 20.6. The summed E-state index contributed by atoms with van der Waals surface area (Å²) in [6.45, 7) is 0. The Kier molecular flexibility index (Phi) is 2.55. The molecule has 0 aromatic heterocycles. The average molecular weight is 408 g/mol. The van der Waals surface area contributed by atoms with Crippen LogP contribution in [0, 0.1) is 0 Å². The topological polar surface area (TPSA) is 3.24 Å². The van der Waals surface area contributed by atoms with Crippen LogP contribution in [0.4, 0.5) is 17.1 Å². The maximum atomic E-state index is 2.67. The second-order valence-corrected chi connectivity index (χ2v) is 10.1. The van der Waals surface area contributed by atoms with E-state index in [1.165, 1.54) is 86.5 Å². The Labute approximate surface area is 186 Å². The first-order valence-corrected chi connectivity index (χ1v) is 11.9. The summed E-state index contributed by atoms with van der Waals surface area (Å²) in [5.41, 5.74) is 13.1. The Balaban J connectivity index is 1.62. The van der Waals surface area contributed by atoms with Gasteiger partial charge >= 0.3 is 0 Å². The molecule has 3 heterocycles. The van der Waals surface area contributed by atoms with Crippen molar-refractivity contribution in [1.82, 2.24) is 0 Å². The summed E-state index contributed by atoms with van der Waals surface area (Å²) in [5, 5.41) is 5.62. The van der Waals surface area contributed by atoms with Crippen LogP contribution >= 0.6 is 0 Å². The molecule has 1 saturated carbocycles. The third-order valence-corrected chi connectivity index (χ3v) is 8.81. The molecule has 0 radical (unpaired) electrons. The van der Waals surface area contributed by atoms with Crippen LogP contribution in [0.1, 0.15) is 36.8 Å². The van der Waals surface area contributed by atoms with Gasteiger partial charge in [-0.15, -0.1) is 0 Å². The highest BCUT2D eigenvalue weighted by molar-refractivity contribution is 6.25. The van der Waals surface area contributed by atoms with E-state index in [2.05, 4.69) is 83.8 Å². The number of hydrogen-bond donors (Lipinski definition) is 0. The quantitative estimate of drug-likeness (QED) is 0.243. The van der Waals surface area contributed by atoms with Crippen LogP contribution in [0.25, 0.3) is 43.8 Å². The Hall–Kier alpha value is -3.58. The first kappa shape index (κ1) is 16.1. The third kappa shape index (κ3) is 1.54. The SMILES string of the molecule is c1cc2c3c(c1)-c1cccc4ccc5c(c14)N3c1c(ccc3cccc-2c13)C51CCCC1. The third-order valence-electron chi connectivity index (χ3n) is 8.81. The standard InChI is InChI=1S/C31H21N/c1-2-17-31(16-1)24-14-12-18-6-3-8-20-22-10-5-11-23-21-9-4-7-19-13-15-25(31)30(27(19)21)32(28(22)23)29(24)26(18)20/h3-15H,1-2,16-17H2. The molecule has 1 heteroatoms. The first-order chi connectivity index (χ1) is 15.9. The maximum absolute atomic E-state index is 2.67. The monoisotopic (exact) mass is 407 g/mol. The molecule has 0 N–H and O–H groups in total. The van der Waals surface area contributed by atoms with Crippen LogP contribution in [-0.2, 0) is 5.41 Å². The van der Waals surface area contributed by atoms with Crippen LogP contribution in [0.5, 0.6) is 0 Å². The number of hydrogen-bond acceptors (Lipinski definition) is 1. The predicted molar refractivity (Wildman–Crippen MR) is 133 cm³/mol. The largest absolute Gasteiger partial charge is 0.307 e. The fourth-order valence-corrected chi connectivity index (χ4v) is 7.62. The van der Waals surface area contributed by atoms with Crippen molar-refractivity contribution in [2.75, 3.05) is 4.90 Å². The number of rotatable bonds is 0. The van der Waals surface area contributed by atoms with Gasteiger partial charge in [-0.1, -0.05) is 91.7 Å². The Morgan fingerprint density at radius 2 is 1.00 bits per heavy atom. The lowest BCUT2D eigenvalue weighted by Gasteiger charge is -2.49. The molecule has 1 aliphatic carbocycles. The van der Waals surface area contributed by atoms with Crippen LogP contribution in [0.15, 0.2) is 78.9 Å². The minimum atomic E-state index is 0.146. The smallest absolute Gasteiger partial charge is 0.0619 e. The van der Waals surface area contributed by atoms with Crippen LogP contribution in [0.2, 0.25) is 0 Å². The number of nitrogens with zero attached hydrogens (tertiary/aromatic N) is 1. The summed E-state index contributed by atoms with van der Waals surface area (Å²) in [4.78, 5) is 2.67. The second kappa shape index (κ2) is 5.07. The Bertz CT molecular complexity index is 1570. The molecule has 4 aliphatic rings. The van der Waals surface area contributed by atoms with Crippen molar-refractivity contribution in [2.45, 2.75) is 31.1 Å². The minimum absolute atomic E-state index is 0.146. The van der Waals surface area contributed by atoms with E-state index < -0.39 is 0 Å². The molecule has 1 nitrogen and oxygen atoms in total. The summed E-state index contributed by atoms with van der Waals surface area (Å²) >= 11 is 0. The molecule has 1 spiro atoms. The van der Waals surface area contributed by atoms with E-state index in [-0.39, 0.29) is 5.41 Å². The van der Waals surface area contributed by atoms with Gasteiger partial charge < -0.3 is 4.90 Å². The normalized spacial score (nSPS) is 17.7. The van der Waals surface area contributed by atoms with Gasteiger partial charge in [-0.2, -0.15) is 0 Å². The summed E-state index contributed by atoms with van der Waals surface area (Å²) in [6.07, 6.45) is 5.16. The highest BCUT2D eigenvalue weighted by Crippen LogP contribution is 2.67. The molecule has 5 aromatic rings. The summed E-state index contributed by atoms with van der Waals surface area (Å²) in [7, 11) is 0. The van der Waals surface area contributed by atoms with Gasteiger partial charge in [0.05, 0.1) is 17.1 Å². The molecule has 32 heavy (non-hydrogen) atoms. The van der Waals surface area contributed by atoms with Gasteiger partial charge in [0.15, 0.2) is 0 Å². The average Bonchev–Trinajstić information content (AvgIpc) is 3.33. The fraction of sp³-hybridized carbons (Fsp3) is 0.161. The van der Waals surface area contributed by atoms with Gasteiger partial charge in [0.2, 0.25) is 0 Å². The maximum Gasteiger partial charge on any atom is 0.0619 e. The van der Waals surface area contributed by atoms with Gasteiger partial charge in [0.1, 0.15) is 0 Å². The molecule has 0 saturated heterocycles. The van der Waals surface area contributed by atoms with Crippen molar-refractivity contribution in [1.29, 1.82) is 0 Å². The summed E-state index contributed by atoms with van der Waals surface area (Å²) < 4.78 is 0. The van der Waals surface area contributed by atoms with Crippen molar-refractivity contribution in [3.05, 3.63) is 90.0 Å². The number of benzene rings is 5. The molecular weight excluding hydrogens is 386 g/mol. The zero-order valence-electron chi connectivity index (χ0n) is 17.8. The number of fused-ring (bicyclic) bond motifs is 4. The first-order valence-electron chi connectivity index (χ1n) is 11.9. The molecule has 3 aliphatic heterocycles. The van der Waals surface area contributed by atoms with Crippen molar-refractivity contribution in [3.63, 3.8) is 0 Å².